The predicted molar refractivity (Wildman–Crippen MR) is 99.3 cm³/mol. The summed E-state index contributed by atoms with van der Waals surface area (Å²) in [5.74, 6) is 5.31. The Bertz CT molecular complexity index is 827. The Hall–Kier alpha value is -2.64. The average molecular weight is 351 g/mol. The summed E-state index contributed by atoms with van der Waals surface area (Å²) in [7, 11) is 0. The maximum Gasteiger partial charge on any atom is 0.251 e. The maximum atomic E-state index is 13.6. The fraction of sp³-hybridized carbons (Fsp3) is 0.318. The highest BCUT2D eigenvalue weighted by Gasteiger charge is 2.27. The lowest BCUT2D eigenvalue weighted by Gasteiger charge is -2.33. The lowest BCUT2D eigenvalue weighted by molar-refractivity contribution is 0.0238. The molecule has 1 fully saturated rings. The molecule has 134 valence electrons. The second-order valence-electron chi connectivity index (χ2n) is 6.91. The van der Waals surface area contributed by atoms with E-state index in [0.29, 0.717) is 17.7 Å². The van der Waals surface area contributed by atoms with E-state index < -0.39 is 0 Å². The van der Waals surface area contributed by atoms with Crippen LogP contribution in [0.5, 0.6) is 0 Å². The predicted octanol–water partition coefficient (Wildman–Crippen LogP) is 3.77. The maximum absolute atomic E-state index is 13.6. The van der Waals surface area contributed by atoms with Gasteiger partial charge in [0, 0.05) is 30.9 Å². The Morgan fingerprint density at radius 1 is 1.12 bits per heavy atom. The number of halogens is 1. The van der Waals surface area contributed by atoms with E-state index in [1.54, 1.807) is 42.5 Å². The molecule has 1 saturated heterocycles. The zero-order chi connectivity index (χ0) is 18.4. The van der Waals surface area contributed by atoms with Crippen molar-refractivity contribution in [2.24, 2.45) is 5.41 Å². The van der Waals surface area contributed by atoms with Crippen molar-refractivity contribution in [3.63, 3.8) is 0 Å². The summed E-state index contributed by atoms with van der Waals surface area (Å²) in [4.78, 5) is 12.3. The normalized spacial score (nSPS) is 15.6. The second-order valence-corrected chi connectivity index (χ2v) is 6.91. The van der Waals surface area contributed by atoms with Crippen LogP contribution in [0.15, 0.2) is 48.5 Å². The van der Waals surface area contributed by atoms with Crippen molar-refractivity contribution in [2.45, 2.75) is 19.8 Å². The van der Waals surface area contributed by atoms with Gasteiger partial charge in [0.15, 0.2) is 0 Å². The van der Waals surface area contributed by atoms with Crippen LogP contribution in [-0.4, -0.2) is 25.7 Å². The lowest BCUT2D eigenvalue weighted by atomic mass is 9.82. The Morgan fingerprint density at radius 2 is 1.81 bits per heavy atom. The molecular weight excluding hydrogens is 329 g/mol. The molecule has 0 saturated carbocycles. The Balaban J connectivity index is 1.60. The average Bonchev–Trinajstić information content (AvgIpc) is 2.67. The van der Waals surface area contributed by atoms with Gasteiger partial charge in [-0.25, -0.2) is 4.39 Å². The molecule has 1 aliphatic rings. The first-order valence-electron chi connectivity index (χ1n) is 8.78. The monoisotopic (exact) mass is 351 g/mol. The first kappa shape index (κ1) is 18.2. The molecule has 0 aliphatic carbocycles. The number of benzene rings is 2. The minimum absolute atomic E-state index is 0.0914. The highest BCUT2D eigenvalue weighted by molar-refractivity contribution is 5.94. The molecule has 1 N–H and O–H groups in total. The quantitative estimate of drug-likeness (QED) is 0.855. The summed E-state index contributed by atoms with van der Waals surface area (Å²) in [6.07, 6.45) is 1.91. The molecule has 3 rings (SSSR count). The van der Waals surface area contributed by atoms with E-state index in [4.69, 9.17) is 4.74 Å². The SMILES string of the molecule is CC1(CNC(=O)c2ccc(C#Cc3ccccc3F)cc2)CCOCC1. The summed E-state index contributed by atoms with van der Waals surface area (Å²) >= 11 is 0. The van der Waals surface area contributed by atoms with Crippen molar-refractivity contribution in [1.29, 1.82) is 0 Å². The Kier molecular flexibility index (Phi) is 5.70. The first-order valence-corrected chi connectivity index (χ1v) is 8.78. The van der Waals surface area contributed by atoms with Crippen molar-refractivity contribution in [1.82, 2.24) is 5.32 Å². The minimum Gasteiger partial charge on any atom is -0.381 e. The fourth-order valence-corrected chi connectivity index (χ4v) is 2.84. The minimum atomic E-state index is -0.336. The van der Waals surface area contributed by atoms with Crippen LogP contribution >= 0.6 is 0 Å². The number of carbonyl (C=O) groups excluding carboxylic acids is 1. The van der Waals surface area contributed by atoms with Crippen LogP contribution in [0.3, 0.4) is 0 Å². The number of rotatable bonds is 3. The van der Waals surface area contributed by atoms with Crippen molar-refractivity contribution in [3.8, 4) is 11.8 Å². The third-order valence-corrected chi connectivity index (χ3v) is 4.74. The molecule has 4 heteroatoms. The van der Waals surface area contributed by atoms with Crippen LogP contribution < -0.4 is 5.32 Å². The van der Waals surface area contributed by atoms with Gasteiger partial charge >= 0.3 is 0 Å². The molecule has 3 nitrogen and oxygen atoms in total. The van der Waals surface area contributed by atoms with Gasteiger partial charge in [-0.3, -0.25) is 4.79 Å². The Labute approximate surface area is 153 Å². The summed E-state index contributed by atoms with van der Waals surface area (Å²) in [5, 5.41) is 3.01. The fourth-order valence-electron chi connectivity index (χ4n) is 2.84. The van der Waals surface area contributed by atoms with Gasteiger partial charge in [-0.05, 0) is 54.7 Å². The van der Waals surface area contributed by atoms with Crippen LogP contribution in [0.25, 0.3) is 0 Å². The zero-order valence-corrected chi connectivity index (χ0v) is 14.8. The molecule has 1 amide bonds. The Morgan fingerprint density at radius 3 is 2.50 bits per heavy atom. The molecule has 2 aromatic rings. The van der Waals surface area contributed by atoms with Gasteiger partial charge in [0.1, 0.15) is 5.82 Å². The summed E-state index contributed by atoms with van der Waals surface area (Å²) in [6, 6.07) is 13.4. The van der Waals surface area contributed by atoms with Gasteiger partial charge < -0.3 is 10.1 Å². The van der Waals surface area contributed by atoms with Crippen LogP contribution in [0.4, 0.5) is 4.39 Å². The van der Waals surface area contributed by atoms with Crippen LogP contribution in [0.2, 0.25) is 0 Å². The zero-order valence-electron chi connectivity index (χ0n) is 14.8. The molecule has 0 radical (unpaired) electrons. The smallest absolute Gasteiger partial charge is 0.251 e. The van der Waals surface area contributed by atoms with Crippen molar-refractivity contribution in [2.75, 3.05) is 19.8 Å². The summed E-state index contributed by atoms with van der Waals surface area (Å²) < 4.78 is 19.0. The number of nitrogens with one attached hydrogen (secondary N) is 1. The molecule has 0 atom stereocenters. The molecule has 1 heterocycles. The lowest BCUT2D eigenvalue weighted by Crippen LogP contribution is -2.39. The number of hydrogen-bond acceptors (Lipinski definition) is 2. The molecule has 0 unspecified atom stereocenters. The van der Waals surface area contributed by atoms with Crippen LogP contribution in [0.1, 0.15) is 41.3 Å². The van der Waals surface area contributed by atoms with Gasteiger partial charge in [-0.1, -0.05) is 30.9 Å². The molecule has 26 heavy (non-hydrogen) atoms. The first-order chi connectivity index (χ1) is 12.6. The van der Waals surface area contributed by atoms with E-state index in [-0.39, 0.29) is 17.1 Å². The van der Waals surface area contributed by atoms with Gasteiger partial charge in [0.25, 0.3) is 5.91 Å². The molecular formula is C22H22FNO2. The third-order valence-electron chi connectivity index (χ3n) is 4.74. The van der Waals surface area contributed by atoms with E-state index in [0.717, 1.165) is 31.6 Å². The molecule has 0 bridgehead atoms. The van der Waals surface area contributed by atoms with E-state index in [1.165, 1.54) is 6.07 Å². The highest BCUT2D eigenvalue weighted by atomic mass is 19.1. The number of ether oxygens (including phenoxy) is 1. The topological polar surface area (TPSA) is 38.3 Å². The summed E-state index contributed by atoms with van der Waals surface area (Å²) in [5.41, 5.74) is 1.79. The third kappa shape index (κ3) is 4.71. The molecule has 0 aromatic heterocycles. The van der Waals surface area contributed by atoms with Gasteiger partial charge in [-0.2, -0.15) is 0 Å². The van der Waals surface area contributed by atoms with Gasteiger partial charge in [-0.15, -0.1) is 0 Å². The van der Waals surface area contributed by atoms with E-state index in [2.05, 4.69) is 24.1 Å². The second kappa shape index (κ2) is 8.16. The van der Waals surface area contributed by atoms with Gasteiger partial charge in [0.05, 0.1) is 5.56 Å². The standard InChI is InChI=1S/C22H22FNO2/c1-22(12-14-26-15-13-22)16-24-21(25)19-10-7-17(8-11-19)6-9-18-4-2-3-5-20(18)23/h2-5,7-8,10-11H,12-16H2,1H3,(H,24,25). The van der Waals surface area contributed by atoms with Crippen molar-refractivity contribution < 1.29 is 13.9 Å². The number of amides is 1. The number of hydrogen-bond donors (Lipinski definition) is 1. The van der Waals surface area contributed by atoms with Gasteiger partial charge in [0.2, 0.25) is 0 Å². The molecule has 0 spiro atoms. The van der Waals surface area contributed by atoms with Crippen molar-refractivity contribution >= 4 is 5.91 Å². The van der Waals surface area contributed by atoms with E-state index in [9.17, 15) is 9.18 Å². The van der Waals surface area contributed by atoms with Crippen LogP contribution in [-0.2, 0) is 4.74 Å². The number of carbonyl (C=O) groups is 1. The van der Waals surface area contributed by atoms with E-state index in [1.807, 2.05) is 0 Å². The molecule has 1 aliphatic heterocycles. The largest absolute Gasteiger partial charge is 0.381 e. The summed E-state index contributed by atoms with van der Waals surface area (Å²) in [6.45, 7) is 4.32. The molecule has 2 aromatic carbocycles. The van der Waals surface area contributed by atoms with Crippen molar-refractivity contribution in [3.05, 3.63) is 71.0 Å². The van der Waals surface area contributed by atoms with Crippen LogP contribution in [0, 0.1) is 23.1 Å². The highest BCUT2D eigenvalue weighted by Crippen LogP contribution is 2.28. The van der Waals surface area contributed by atoms with E-state index >= 15 is 0 Å².